The average molecular weight is 284 g/mol. The fourth-order valence-electron chi connectivity index (χ4n) is 1.75. The van der Waals surface area contributed by atoms with E-state index < -0.39 is 17.6 Å². The second kappa shape index (κ2) is 5.03. The first-order chi connectivity index (χ1) is 9.27. The molecule has 0 aliphatic carbocycles. The number of nitrogen functional groups attached to an aromatic ring is 1. The number of rotatable bonds is 2. The summed E-state index contributed by atoms with van der Waals surface area (Å²) < 4.78 is 51.0. The molecule has 0 saturated carbocycles. The van der Waals surface area contributed by atoms with Crippen molar-refractivity contribution in [1.29, 1.82) is 0 Å². The molecular formula is C14H12F4N2. The van der Waals surface area contributed by atoms with Gasteiger partial charge in [-0.25, -0.2) is 4.39 Å². The molecule has 0 aliphatic heterocycles. The maximum Gasteiger partial charge on any atom is 0.419 e. The molecule has 0 atom stereocenters. The number of benzene rings is 2. The maximum absolute atomic E-state index is 13.2. The van der Waals surface area contributed by atoms with E-state index in [1.54, 1.807) is 18.2 Å². The van der Waals surface area contributed by atoms with Gasteiger partial charge in [-0.2, -0.15) is 13.2 Å². The Labute approximate surface area is 113 Å². The molecule has 6 heteroatoms. The molecule has 3 N–H and O–H groups in total. The second-order valence-corrected chi connectivity index (χ2v) is 4.41. The van der Waals surface area contributed by atoms with Crippen LogP contribution in [-0.4, -0.2) is 0 Å². The topological polar surface area (TPSA) is 38.0 Å². The van der Waals surface area contributed by atoms with Crippen molar-refractivity contribution < 1.29 is 17.6 Å². The van der Waals surface area contributed by atoms with Gasteiger partial charge in [0.25, 0.3) is 0 Å². The monoisotopic (exact) mass is 284 g/mol. The summed E-state index contributed by atoms with van der Waals surface area (Å²) in [5, 5.41) is 2.76. The summed E-state index contributed by atoms with van der Waals surface area (Å²) in [6, 6.07) is 7.85. The molecule has 0 spiro atoms. The Morgan fingerprint density at radius 1 is 1.05 bits per heavy atom. The van der Waals surface area contributed by atoms with Crippen molar-refractivity contribution in [1.82, 2.24) is 0 Å². The summed E-state index contributed by atoms with van der Waals surface area (Å²) in [7, 11) is 0. The van der Waals surface area contributed by atoms with Crippen LogP contribution in [0.2, 0.25) is 0 Å². The highest BCUT2D eigenvalue weighted by molar-refractivity contribution is 5.73. The molecule has 0 amide bonds. The molecular weight excluding hydrogens is 272 g/mol. The van der Waals surface area contributed by atoms with Crippen LogP contribution in [0, 0.1) is 12.7 Å². The van der Waals surface area contributed by atoms with E-state index in [9.17, 15) is 17.6 Å². The molecule has 0 saturated heterocycles. The van der Waals surface area contributed by atoms with Gasteiger partial charge in [-0.1, -0.05) is 6.07 Å². The molecule has 0 heterocycles. The fraction of sp³-hybridized carbons (Fsp3) is 0.143. The van der Waals surface area contributed by atoms with Crippen LogP contribution >= 0.6 is 0 Å². The average Bonchev–Trinajstić information content (AvgIpc) is 2.35. The lowest BCUT2D eigenvalue weighted by molar-refractivity contribution is -0.139. The molecule has 0 unspecified atom stereocenters. The van der Waals surface area contributed by atoms with Gasteiger partial charge in [-0.3, -0.25) is 0 Å². The molecule has 2 aromatic rings. The van der Waals surface area contributed by atoms with E-state index in [1.165, 1.54) is 6.07 Å². The Balaban J connectivity index is 2.37. The zero-order chi connectivity index (χ0) is 14.9. The molecule has 106 valence electrons. The number of anilines is 3. The first kappa shape index (κ1) is 14.2. The summed E-state index contributed by atoms with van der Waals surface area (Å²) in [5.41, 5.74) is 6.32. The Bertz CT molecular complexity index is 636. The van der Waals surface area contributed by atoms with Crippen LogP contribution in [0.5, 0.6) is 0 Å². The normalized spacial score (nSPS) is 11.4. The number of hydrogen-bond acceptors (Lipinski definition) is 2. The quantitative estimate of drug-likeness (QED) is 0.630. The van der Waals surface area contributed by atoms with Gasteiger partial charge in [0.15, 0.2) is 0 Å². The van der Waals surface area contributed by atoms with Gasteiger partial charge in [0.05, 0.1) is 16.9 Å². The van der Waals surface area contributed by atoms with Crippen LogP contribution in [0.1, 0.15) is 11.1 Å². The predicted molar refractivity (Wildman–Crippen MR) is 70.3 cm³/mol. The highest BCUT2D eigenvalue weighted by Crippen LogP contribution is 2.34. The number of aryl methyl sites for hydroxylation is 1. The smallest absolute Gasteiger partial charge is 0.397 e. The van der Waals surface area contributed by atoms with Gasteiger partial charge in [-0.15, -0.1) is 0 Å². The summed E-state index contributed by atoms with van der Waals surface area (Å²) >= 11 is 0. The van der Waals surface area contributed by atoms with Crippen LogP contribution < -0.4 is 11.1 Å². The molecule has 0 aromatic heterocycles. The van der Waals surface area contributed by atoms with Crippen molar-refractivity contribution in [2.45, 2.75) is 13.1 Å². The van der Waals surface area contributed by atoms with E-state index >= 15 is 0 Å². The van der Waals surface area contributed by atoms with E-state index in [0.717, 1.165) is 17.7 Å². The minimum atomic E-state index is -4.74. The van der Waals surface area contributed by atoms with Crippen molar-refractivity contribution in [3.63, 3.8) is 0 Å². The number of hydrogen-bond donors (Lipinski definition) is 2. The molecule has 20 heavy (non-hydrogen) atoms. The van der Waals surface area contributed by atoms with Crippen molar-refractivity contribution >= 4 is 17.1 Å². The standard InChI is InChI=1S/C14H12F4N2/c1-8-2-5-12(19)13(6-8)20-9-3-4-11(15)10(7-9)14(16,17)18/h2-7,20H,19H2,1H3. The van der Waals surface area contributed by atoms with Gasteiger partial charge in [0.2, 0.25) is 0 Å². The zero-order valence-electron chi connectivity index (χ0n) is 10.6. The Morgan fingerprint density at radius 2 is 1.75 bits per heavy atom. The molecule has 0 fully saturated rings. The predicted octanol–water partition coefficient (Wildman–Crippen LogP) is 4.48. The third-order valence-electron chi connectivity index (χ3n) is 2.76. The summed E-state index contributed by atoms with van der Waals surface area (Å²) in [6.07, 6.45) is -4.74. The molecule has 0 bridgehead atoms. The van der Waals surface area contributed by atoms with Crippen LogP contribution in [0.25, 0.3) is 0 Å². The second-order valence-electron chi connectivity index (χ2n) is 4.41. The Hall–Kier alpha value is -2.24. The molecule has 0 aliphatic rings. The summed E-state index contributed by atoms with van der Waals surface area (Å²) in [5.74, 6) is -1.31. The molecule has 2 nitrogen and oxygen atoms in total. The van der Waals surface area contributed by atoms with E-state index in [1.807, 2.05) is 6.92 Å². The first-order valence-electron chi connectivity index (χ1n) is 5.77. The number of alkyl halides is 3. The van der Waals surface area contributed by atoms with Crippen LogP contribution in [0.15, 0.2) is 36.4 Å². The minimum absolute atomic E-state index is 0.121. The van der Waals surface area contributed by atoms with Gasteiger partial charge in [0, 0.05) is 5.69 Å². The molecule has 2 aromatic carbocycles. The third kappa shape index (κ3) is 3.01. The number of nitrogens with one attached hydrogen (secondary N) is 1. The lowest BCUT2D eigenvalue weighted by Gasteiger charge is -2.13. The van der Waals surface area contributed by atoms with Crippen molar-refractivity contribution in [3.8, 4) is 0 Å². The minimum Gasteiger partial charge on any atom is -0.397 e. The van der Waals surface area contributed by atoms with E-state index in [2.05, 4.69) is 5.32 Å². The van der Waals surface area contributed by atoms with Gasteiger partial charge in [-0.05, 0) is 42.8 Å². The zero-order valence-corrected chi connectivity index (χ0v) is 10.6. The van der Waals surface area contributed by atoms with Gasteiger partial charge < -0.3 is 11.1 Å². The lowest BCUT2D eigenvalue weighted by Crippen LogP contribution is -2.08. The highest BCUT2D eigenvalue weighted by atomic mass is 19.4. The van der Waals surface area contributed by atoms with E-state index in [4.69, 9.17) is 5.73 Å². The first-order valence-corrected chi connectivity index (χ1v) is 5.77. The van der Waals surface area contributed by atoms with Crippen molar-refractivity contribution in [2.24, 2.45) is 0 Å². The van der Waals surface area contributed by atoms with Crippen LogP contribution in [0.3, 0.4) is 0 Å². The molecule has 0 radical (unpaired) electrons. The highest BCUT2D eigenvalue weighted by Gasteiger charge is 2.34. The fourth-order valence-corrected chi connectivity index (χ4v) is 1.75. The van der Waals surface area contributed by atoms with Crippen molar-refractivity contribution in [2.75, 3.05) is 11.1 Å². The Morgan fingerprint density at radius 3 is 2.40 bits per heavy atom. The van der Waals surface area contributed by atoms with Gasteiger partial charge >= 0.3 is 6.18 Å². The Kier molecular flexibility index (Phi) is 3.57. The van der Waals surface area contributed by atoms with E-state index in [0.29, 0.717) is 11.4 Å². The van der Waals surface area contributed by atoms with E-state index in [-0.39, 0.29) is 5.69 Å². The van der Waals surface area contributed by atoms with Crippen LogP contribution in [-0.2, 0) is 6.18 Å². The third-order valence-corrected chi connectivity index (χ3v) is 2.76. The maximum atomic E-state index is 13.2. The molecule has 2 rings (SSSR count). The number of nitrogens with two attached hydrogens (primary N) is 1. The SMILES string of the molecule is Cc1ccc(N)c(Nc2ccc(F)c(C(F)(F)F)c2)c1. The summed E-state index contributed by atoms with van der Waals surface area (Å²) in [6.45, 7) is 1.83. The summed E-state index contributed by atoms with van der Waals surface area (Å²) in [4.78, 5) is 0. The number of halogens is 4. The largest absolute Gasteiger partial charge is 0.419 e. The van der Waals surface area contributed by atoms with Crippen molar-refractivity contribution in [3.05, 3.63) is 53.3 Å². The van der Waals surface area contributed by atoms with Gasteiger partial charge in [0.1, 0.15) is 5.82 Å². The lowest BCUT2D eigenvalue weighted by atomic mass is 10.1. The van der Waals surface area contributed by atoms with Crippen LogP contribution in [0.4, 0.5) is 34.6 Å².